The van der Waals surface area contributed by atoms with Gasteiger partial charge in [-0.1, -0.05) is 0 Å². The standard InChI is InChI=1S/C11H13N5/c12-9-5-4-8(7-13-9)11-15-14-10-3-1-2-6-16(10)11/h4-5,7H,1-3,6H2,(H2,12,13). The highest BCUT2D eigenvalue weighted by atomic mass is 15.3. The first kappa shape index (κ1) is 9.33. The van der Waals surface area contributed by atoms with Crippen molar-refractivity contribution < 1.29 is 0 Å². The van der Waals surface area contributed by atoms with Gasteiger partial charge in [-0.15, -0.1) is 10.2 Å². The highest BCUT2D eigenvalue weighted by Gasteiger charge is 2.16. The van der Waals surface area contributed by atoms with Crippen LogP contribution >= 0.6 is 0 Å². The Labute approximate surface area is 93.3 Å². The minimum Gasteiger partial charge on any atom is -0.384 e. The minimum atomic E-state index is 0.530. The summed E-state index contributed by atoms with van der Waals surface area (Å²) in [4.78, 5) is 4.08. The monoisotopic (exact) mass is 215 g/mol. The Morgan fingerprint density at radius 1 is 1.19 bits per heavy atom. The summed E-state index contributed by atoms with van der Waals surface area (Å²) in [6.45, 7) is 1.00. The van der Waals surface area contributed by atoms with E-state index in [0.717, 1.165) is 30.2 Å². The quantitative estimate of drug-likeness (QED) is 0.777. The number of anilines is 1. The van der Waals surface area contributed by atoms with Crippen molar-refractivity contribution in [3.05, 3.63) is 24.2 Å². The molecule has 0 saturated heterocycles. The van der Waals surface area contributed by atoms with Crippen LogP contribution in [0.25, 0.3) is 11.4 Å². The average Bonchev–Trinajstić information content (AvgIpc) is 2.74. The van der Waals surface area contributed by atoms with Crippen LogP contribution in [0.15, 0.2) is 18.3 Å². The van der Waals surface area contributed by atoms with Gasteiger partial charge in [0.05, 0.1) is 0 Å². The van der Waals surface area contributed by atoms with Crippen LogP contribution in [-0.4, -0.2) is 19.7 Å². The third-order valence-corrected chi connectivity index (χ3v) is 2.90. The molecule has 2 aromatic rings. The maximum absolute atomic E-state index is 5.56. The predicted molar refractivity (Wildman–Crippen MR) is 60.6 cm³/mol. The zero-order valence-corrected chi connectivity index (χ0v) is 8.93. The predicted octanol–water partition coefficient (Wildman–Crippen LogP) is 1.26. The Bertz CT molecular complexity index is 500. The van der Waals surface area contributed by atoms with Gasteiger partial charge >= 0.3 is 0 Å². The average molecular weight is 215 g/mol. The van der Waals surface area contributed by atoms with Gasteiger partial charge in [-0.3, -0.25) is 0 Å². The number of hydrogen-bond donors (Lipinski definition) is 1. The Hall–Kier alpha value is -1.91. The first-order valence-corrected chi connectivity index (χ1v) is 5.48. The van der Waals surface area contributed by atoms with Crippen molar-refractivity contribution in [2.24, 2.45) is 0 Å². The van der Waals surface area contributed by atoms with E-state index in [1.807, 2.05) is 6.07 Å². The lowest BCUT2D eigenvalue weighted by Crippen LogP contribution is -2.11. The molecule has 82 valence electrons. The number of hydrogen-bond acceptors (Lipinski definition) is 4. The summed E-state index contributed by atoms with van der Waals surface area (Å²) in [5, 5.41) is 8.44. The largest absolute Gasteiger partial charge is 0.384 e. The van der Waals surface area contributed by atoms with Gasteiger partial charge in [0.15, 0.2) is 5.82 Å². The Kier molecular flexibility index (Phi) is 2.09. The lowest BCUT2D eigenvalue weighted by molar-refractivity contribution is 0.526. The number of nitrogens with two attached hydrogens (primary N) is 1. The fourth-order valence-corrected chi connectivity index (χ4v) is 2.06. The number of nitrogen functional groups attached to an aromatic ring is 1. The SMILES string of the molecule is Nc1ccc(-c2nnc3n2CCCC3)cn1. The number of aromatic nitrogens is 4. The molecule has 3 rings (SSSR count). The van der Waals surface area contributed by atoms with Gasteiger partial charge in [-0.25, -0.2) is 4.98 Å². The molecule has 0 amide bonds. The van der Waals surface area contributed by atoms with Crippen LogP contribution in [0.1, 0.15) is 18.7 Å². The first-order valence-electron chi connectivity index (χ1n) is 5.48. The third kappa shape index (κ3) is 1.44. The zero-order valence-electron chi connectivity index (χ0n) is 8.93. The van der Waals surface area contributed by atoms with E-state index < -0.39 is 0 Å². The molecule has 0 bridgehead atoms. The summed E-state index contributed by atoms with van der Waals surface area (Å²) in [7, 11) is 0. The molecule has 2 N–H and O–H groups in total. The van der Waals surface area contributed by atoms with Gasteiger partial charge < -0.3 is 10.3 Å². The van der Waals surface area contributed by atoms with E-state index in [1.165, 1.54) is 12.8 Å². The Morgan fingerprint density at radius 3 is 2.94 bits per heavy atom. The van der Waals surface area contributed by atoms with Crippen LogP contribution in [0, 0.1) is 0 Å². The molecule has 0 fully saturated rings. The number of rotatable bonds is 1. The fourth-order valence-electron chi connectivity index (χ4n) is 2.06. The molecular weight excluding hydrogens is 202 g/mol. The zero-order chi connectivity index (χ0) is 11.0. The molecule has 0 spiro atoms. The van der Waals surface area contributed by atoms with Crippen molar-refractivity contribution in [2.75, 3.05) is 5.73 Å². The molecule has 0 unspecified atom stereocenters. The topological polar surface area (TPSA) is 69.6 Å². The highest BCUT2D eigenvalue weighted by Crippen LogP contribution is 2.22. The van der Waals surface area contributed by atoms with Crippen LogP contribution in [0.2, 0.25) is 0 Å². The molecule has 3 heterocycles. The number of pyridine rings is 1. The highest BCUT2D eigenvalue weighted by molar-refractivity contribution is 5.55. The summed E-state index contributed by atoms with van der Waals surface area (Å²) < 4.78 is 2.18. The normalized spacial score (nSPS) is 14.8. The number of nitrogens with zero attached hydrogens (tertiary/aromatic N) is 4. The lowest BCUT2D eigenvalue weighted by atomic mass is 10.1. The van der Waals surface area contributed by atoms with E-state index in [1.54, 1.807) is 12.3 Å². The van der Waals surface area contributed by atoms with Crippen molar-refractivity contribution >= 4 is 5.82 Å². The van der Waals surface area contributed by atoms with Crippen molar-refractivity contribution in [1.29, 1.82) is 0 Å². The summed E-state index contributed by atoms with van der Waals surface area (Å²) in [6, 6.07) is 3.73. The molecular formula is C11H13N5. The molecule has 5 nitrogen and oxygen atoms in total. The maximum atomic E-state index is 5.56. The van der Waals surface area contributed by atoms with Gasteiger partial charge in [-0.2, -0.15) is 0 Å². The van der Waals surface area contributed by atoms with Crippen LogP contribution in [0.4, 0.5) is 5.82 Å². The smallest absolute Gasteiger partial charge is 0.165 e. The molecule has 0 atom stereocenters. The van der Waals surface area contributed by atoms with E-state index >= 15 is 0 Å². The second-order valence-corrected chi connectivity index (χ2v) is 4.02. The Balaban J connectivity index is 2.06. The molecule has 0 aliphatic carbocycles. The van der Waals surface area contributed by atoms with Gasteiger partial charge in [0.25, 0.3) is 0 Å². The number of aryl methyl sites for hydroxylation is 1. The van der Waals surface area contributed by atoms with E-state index in [9.17, 15) is 0 Å². The molecule has 1 aliphatic heterocycles. The van der Waals surface area contributed by atoms with Crippen molar-refractivity contribution in [3.63, 3.8) is 0 Å². The van der Waals surface area contributed by atoms with Crippen LogP contribution in [0.3, 0.4) is 0 Å². The molecule has 16 heavy (non-hydrogen) atoms. The van der Waals surface area contributed by atoms with E-state index in [4.69, 9.17) is 5.73 Å². The molecule has 0 radical (unpaired) electrons. The van der Waals surface area contributed by atoms with Crippen LogP contribution < -0.4 is 5.73 Å². The van der Waals surface area contributed by atoms with E-state index in [2.05, 4.69) is 19.7 Å². The number of fused-ring (bicyclic) bond motifs is 1. The van der Waals surface area contributed by atoms with Crippen molar-refractivity contribution in [2.45, 2.75) is 25.8 Å². The van der Waals surface area contributed by atoms with Crippen LogP contribution in [0.5, 0.6) is 0 Å². The van der Waals surface area contributed by atoms with Gasteiger partial charge in [0.2, 0.25) is 0 Å². The second kappa shape index (κ2) is 3.59. The van der Waals surface area contributed by atoms with E-state index in [0.29, 0.717) is 5.82 Å². The first-order chi connectivity index (χ1) is 7.84. The molecule has 1 aliphatic rings. The summed E-state index contributed by atoms with van der Waals surface area (Å²) in [5.74, 6) is 2.52. The fraction of sp³-hybridized carbons (Fsp3) is 0.364. The summed E-state index contributed by atoms with van der Waals surface area (Å²) in [6.07, 6.45) is 5.18. The van der Waals surface area contributed by atoms with Gasteiger partial charge in [0.1, 0.15) is 11.6 Å². The van der Waals surface area contributed by atoms with Crippen LogP contribution in [-0.2, 0) is 13.0 Å². The van der Waals surface area contributed by atoms with Gasteiger partial charge in [0, 0.05) is 24.7 Å². The molecule has 2 aromatic heterocycles. The Morgan fingerprint density at radius 2 is 2.12 bits per heavy atom. The second-order valence-electron chi connectivity index (χ2n) is 4.02. The molecule has 5 heteroatoms. The summed E-state index contributed by atoms with van der Waals surface area (Å²) >= 11 is 0. The van der Waals surface area contributed by atoms with Crippen molar-refractivity contribution in [1.82, 2.24) is 19.7 Å². The maximum Gasteiger partial charge on any atom is 0.165 e. The van der Waals surface area contributed by atoms with Gasteiger partial charge in [-0.05, 0) is 25.0 Å². The molecule has 0 saturated carbocycles. The minimum absolute atomic E-state index is 0.530. The van der Waals surface area contributed by atoms with Crippen molar-refractivity contribution in [3.8, 4) is 11.4 Å². The summed E-state index contributed by atoms with van der Waals surface area (Å²) in [5.41, 5.74) is 6.55. The molecule has 0 aromatic carbocycles. The third-order valence-electron chi connectivity index (χ3n) is 2.90. The van der Waals surface area contributed by atoms with E-state index in [-0.39, 0.29) is 0 Å². The lowest BCUT2D eigenvalue weighted by Gasteiger charge is -2.14.